The maximum absolute atomic E-state index is 13.3. The van der Waals surface area contributed by atoms with Gasteiger partial charge in [-0.3, -0.25) is 4.79 Å². The number of carboxylic acid groups (broad SMARTS) is 1. The number of carbonyl (C=O) groups is 2. The highest BCUT2D eigenvalue weighted by atomic mass is 32.1. The second kappa shape index (κ2) is 6.36. The Hall–Kier alpha value is -2.21. The van der Waals surface area contributed by atoms with Crippen LogP contribution in [0.5, 0.6) is 0 Å². The Morgan fingerprint density at radius 1 is 1.33 bits per heavy atom. The van der Waals surface area contributed by atoms with Crippen LogP contribution in [-0.4, -0.2) is 22.5 Å². The van der Waals surface area contributed by atoms with Crippen LogP contribution in [0, 0.1) is 12.7 Å². The standard InChI is InChI=1S/C18H18FNO3S/c1-11-6-12(2-3-15(11)19)9-18(4-5-18)20-16(21)8-14-7-13(10-24-14)17(22)23/h2-3,6-7,10H,4-5,8-9H2,1H3,(H,20,21)(H,22,23). The molecule has 0 spiro atoms. The number of benzene rings is 1. The van der Waals surface area contributed by atoms with E-state index in [1.54, 1.807) is 18.4 Å². The Labute approximate surface area is 143 Å². The van der Waals surface area contributed by atoms with E-state index in [0.29, 0.717) is 12.0 Å². The molecule has 1 aromatic carbocycles. The predicted octanol–water partition coefficient (Wildman–Crippen LogP) is 3.33. The van der Waals surface area contributed by atoms with E-state index in [0.717, 1.165) is 23.3 Å². The second-order valence-corrected chi connectivity index (χ2v) is 7.37. The summed E-state index contributed by atoms with van der Waals surface area (Å²) in [5, 5.41) is 13.5. The molecule has 4 nitrogen and oxygen atoms in total. The minimum atomic E-state index is -0.983. The van der Waals surface area contributed by atoms with Crippen molar-refractivity contribution in [2.24, 2.45) is 0 Å². The summed E-state index contributed by atoms with van der Waals surface area (Å²) in [5.74, 6) is -1.31. The molecule has 1 aliphatic carbocycles. The Morgan fingerprint density at radius 3 is 2.67 bits per heavy atom. The van der Waals surface area contributed by atoms with Crippen molar-refractivity contribution < 1.29 is 19.1 Å². The van der Waals surface area contributed by atoms with Crippen LogP contribution in [0.15, 0.2) is 29.6 Å². The van der Waals surface area contributed by atoms with E-state index in [-0.39, 0.29) is 29.2 Å². The quantitative estimate of drug-likeness (QED) is 0.842. The Bertz CT molecular complexity index is 795. The number of aryl methyl sites for hydroxylation is 1. The normalized spacial score (nSPS) is 15.1. The lowest BCUT2D eigenvalue weighted by molar-refractivity contribution is -0.121. The molecule has 2 aromatic rings. The molecule has 1 saturated carbocycles. The molecule has 0 radical (unpaired) electrons. The molecule has 1 heterocycles. The van der Waals surface area contributed by atoms with Crippen molar-refractivity contribution in [3.63, 3.8) is 0 Å². The van der Waals surface area contributed by atoms with E-state index in [4.69, 9.17) is 5.11 Å². The van der Waals surface area contributed by atoms with Gasteiger partial charge in [-0.15, -0.1) is 11.3 Å². The monoisotopic (exact) mass is 347 g/mol. The van der Waals surface area contributed by atoms with Crippen molar-refractivity contribution in [3.05, 3.63) is 57.0 Å². The third-order valence-electron chi connectivity index (χ3n) is 4.26. The highest BCUT2D eigenvalue weighted by Crippen LogP contribution is 2.39. The fourth-order valence-electron chi connectivity index (χ4n) is 2.79. The first kappa shape index (κ1) is 16.6. The molecule has 1 fully saturated rings. The van der Waals surface area contributed by atoms with Gasteiger partial charge in [-0.05, 0) is 49.4 Å². The number of nitrogens with one attached hydrogen (secondary N) is 1. The lowest BCUT2D eigenvalue weighted by Gasteiger charge is -2.18. The number of carbonyl (C=O) groups excluding carboxylic acids is 1. The summed E-state index contributed by atoms with van der Waals surface area (Å²) in [4.78, 5) is 23.9. The Kier molecular flexibility index (Phi) is 4.41. The van der Waals surface area contributed by atoms with Gasteiger partial charge in [0.15, 0.2) is 0 Å². The zero-order chi connectivity index (χ0) is 17.3. The zero-order valence-electron chi connectivity index (χ0n) is 13.3. The number of hydrogen-bond acceptors (Lipinski definition) is 3. The van der Waals surface area contributed by atoms with Crippen LogP contribution in [0.25, 0.3) is 0 Å². The number of amides is 1. The molecule has 126 valence electrons. The van der Waals surface area contributed by atoms with Crippen molar-refractivity contribution in [1.82, 2.24) is 5.32 Å². The average Bonchev–Trinajstić information content (AvgIpc) is 3.07. The van der Waals surface area contributed by atoms with Crippen LogP contribution in [0.2, 0.25) is 0 Å². The molecule has 0 unspecified atom stereocenters. The van der Waals surface area contributed by atoms with Crippen LogP contribution < -0.4 is 5.32 Å². The average molecular weight is 347 g/mol. The first-order valence-corrected chi connectivity index (χ1v) is 8.62. The molecule has 1 amide bonds. The molecule has 6 heteroatoms. The van der Waals surface area contributed by atoms with Gasteiger partial charge in [-0.1, -0.05) is 12.1 Å². The maximum Gasteiger partial charge on any atom is 0.336 e. The molecule has 1 aromatic heterocycles. The predicted molar refractivity (Wildman–Crippen MR) is 89.9 cm³/mol. The topological polar surface area (TPSA) is 66.4 Å². The first-order valence-electron chi connectivity index (χ1n) is 7.74. The van der Waals surface area contributed by atoms with Gasteiger partial charge in [-0.2, -0.15) is 0 Å². The van der Waals surface area contributed by atoms with Crippen molar-refractivity contribution in [2.45, 2.75) is 38.1 Å². The molecule has 1 aliphatic rings. The lowest BCUT2D eigenvalue weighted by Crippen LogP contribution is -2.39. The minimum Gasteiger partial charge on any atom is -0.478 e. The van der Waals surface area contributed by atoms with Crippen LogP contribution in [0.1, 0.15) is 39.2 Å². The summed E-state index contributed by atoms with van der Waals surface area (Å²) in [6, 6.07) is 6.57. The van der Waals surface area contributed by atoms with Gasteiger partial charge in [0.2, 0.25) is 5.91 Å². The Balaban J connectivity index is 1.60. The molecule has 3 rings (SSSR count). The Morgan fingerprint density at radius 2 is 2.08 bits per heavy atom. The van der Waals surface area contributed by atoms with Crippen molar-refractivity contribution >= 4 is 23.2 Å². The van der Waals surface area contributed by atoms with E-state index in [1.165, 1.54) is 23.5 Å². The van der Waals surface area contributed by atoms with Gasteiger partial charge < -0.3 is 10.4 Å². The number of aromatic carboxylic acids is 1. The zero-order valence-corrected chi connectivity index (χ0v) is 14.1. The largest absolute Gasteiger partial charge is 0.478 e. The van der Waals surface area contributed by atoms with Crippen LogP contribution in [0.3, 0.4) is 0 Å². The summed E-state index contributed by atoms with van der Waals surface area (Å²) in [5.41, 5.74) is 1.59. The van der Waals surface area contributed by atoms with E-state index >= 15 is 0 Å². The molecule has 24 heavy (non-hydrogen) atoms. The molecular weight excluding hydrogens is 329 g/mol. The van der Waals surface area contributed by atoms with Crippen LogP contribution in [-0.2, 0) is 17.6 Å². The summed E-state index contributed by atoms with van der Waals surface area (Å²) >= 11 is 1.28. The number of rotatable bonds is 6. The van der Waals surface area contributed by atoms with E-state index < -0.39 is 5.97 Å². The van der Waals surface area contributed by atoms with Gasteiger partial charge in [0.25, 0.3) is 0 Å². The van der Waals surface area contributed by atoms with Gasteiger partial charge >= 0.3 is 5.97 Å². The molecule has 0 atom stereocenters. The second-order valence-electron chi connectivity index (χ2n) is 6.37. The van der Waals surface area contributed by atoms with Gasteiger partial charge in [0.05, 0.1) is 12.0 Å². The van der Waals surface area contributed by atoms with Crippen molar-refractivity contribution in [3.8, 4) is 0 Å². The van der Waals surface area contributed by atoms with E-state index in [1.807, 2.05) is 6.07 Å². The molecule has 0 aliphatic heterocycles. The highest BCUT2D eigenvalue weighted by Gasteiger charge is 2.43. The fraction of sp³-hybridized carbons (Fsp3) is 0.333. The fourth-order valence-corrected chi connectivity index (χ4v) is 3.64. The van der Waals surface area contributed by atoms with Crippen molar-refractivity contribution in [1.29, 1.82) is 0 Å². The van der Waals surface area contributed by atoms with E-state index in [2.05, 4.69) is 5.32 Å². The first-order chi connectivity index (χ1) is 11.4. The maximum atomic E-state index is 13.3. The van der Waals surface area contributed by atoms with Crippen LogP contribution in [0.4, 0.5) is 4.39 Å². The third kappa shape index (κ3) is 3.82. The molecule has 2 N–H and O–H groups in total. The molecular formula is C18H18FNO3S. The van der Waals surface area contributed by atoms with Gasteiger partial charge in [-0.25, -0.2) is 9.18 Å². The minimum absolute atomic E-state index is 0.106. The summed E-state index contributed by atoms with van der Waals surface area (Å²) < 4.78 is 13.3. The van der Waals surface area contributed by atoms with E-state index in [9.17, 15) is 14.0 Å². The van der Waals surface area contributed by atoms with Crippen molar-refractivity contribution in [2.75, 3.05) is 0 Å². The number of halogens is 1. The molecule has 0 saturated heterocycles. The lowest BCUT2D eigenvalue weighted by atomic mass is 10.0. The van der Waals surface area contributed by atoms with Gasteiger partial charge in [0.1, 0.15) is 5.82 Å². The van der Waals surface area contributed by atoms with Crippen LogP contribution >= 0.6 is 11.3 Å². The summed E-state index contributed by atoms with van der Waals surface area (Å²) in [7, 11) is 0. The van der Waals surface area contributed by atoms with Gasteiger partial charge in [0, 0.05) is 15.8 Å². The highest BCUT2D eigenvalue weighted by molar-refractivity contribution is 7.10. The number of hydrogen-bond donors (Lipinski definition) is 2. The number of carboxylic acids is 1. The smallest absolute Gasteiger partial charge is 0.336 e. The summed E-state index contributed by atoms with van der Waals surface area (Å²) in [6.45, 7) is 1.73. The number of thiophene rings is 1. The SMILES string of the molecule is Cc1cc(CC2(NC(=O)Cc3cc(C(=O)O)cs3)CC2)ccc1F. The summed E-state index contributed by atoms with van der Waals surface area (Å²) in [6.07, 6.45) is 2.67. The third-order valence-corrected chi connectivity index (χ3v) is 5.20. The molecule has 0 bridgehead atoms.